The van der Waals surface area contributed by atoms with Crippen molar-refractivity contribution in [3.63, 3.8) is 0 Å². The Morgan fingerprint density at radius 3 is 2.57 bits per heavy atom. The minimum absolute atomic E-state index is 0.0114. The van der Waals surface area contributed by atoms with E-state index in [1.807, 2.05) is 0 Å². The smallest absolute Gasteiger partial charge is 0.219 e. The van der Waals surface area contributed by atoms with Gasteiger partial charge in [0.1, 0.15) is 0 Å². The molecule has 2 N–H and O–H groups in total. The Morgan fingerprint density at radius 1 is 1.22 bits per heavy atom. The predicted molar refractivity (Wildman–Crippen MR) is 89.5 cm³/mol. The summed E-state index contributed by atoms with van der Waals surface area (Å²) in [5, 5.41) is 10.4. The Morgan fingerprint density at radius 2 is 1.91 bits per heavy atom. The van der Waals surface area contributed by atoms with Crippen molar-refractivity contribution in [3.05, 3.63) is 0 Å². The fourth-order valence-corrected chi connectivity index (χ4v) is 4.92. The van der Waals surface area contributed by atoms with E-state index in [1.54, 1.807) is 11.8 Å². The maximum Gasteiger partial charge on any atom is 0.219 e. The van der Waals surface area contributed by atoms with Crippen LogP contribution in [0.5, 0.6) is 0 Å². The second kappa shape index (κ2) is 7.94. The van der Waals surface area contributed by atoms with Crippen molar-refractivity contribution >= 4 is 15.9 Å². The molecule has 2 rings (SSSR count). The topological polar surface area (TPSA) is 86.7 Å². The van der Waals surface area contributed by atoms with Gasteiger partial charge in [0.05, 0.1) is 11.4 Å². The Bertz CT molecular complexity index is 500. The van der Waals surface area contributed by atoms with Crippen molar-refractivity contribution in [2.75, 3.05) is 18.8 Å². The van der Waals surface area contributed by atoms with Gasteiger partial charge in [-0.3, -0.25) is 4.79 Å². The number of carbonyl (C=O) groups excluding carboxylic acids is 1. The van der Waals surface area contributed by atoms with Crippen LogP contribution in [-0.4, -0.2) is 54.8 Å². The van der Waals surface area contributed by atoms with E-state index >= 15 is 0 Å². The highest BCUT2D eigenvalue weighted by atomic mass is 32.2. The maximum absolute atomic E-state index is 12.2. The molecular formula is C16H30N2O4S. The quantitative estimate of drug-likeness (QED) is 0.761. The molecule has 0 aromatic rings. The lowest BCUT2D eigenvalue weighted by Crippen LogP contribution is -2.46. The first-order valence-electron chi connectivity index (χ1n) is 8.78. The summed E-state index contributed by atoms with van der Waals surface area (Å²) in [4.78, 5) is 13.4. The maximum atomic E-state index is 12.2. The Hall–Kier alpha value is -0.660. The molecule has 0 spiro atoms. The molecule has 0 radical (unpaired) electrons. The lowest BCUT2D eigenvalue weighted by Gasteiger charge is -2.35. The number of aliphatic hydroxyl groups is 1. The van der Waals surface area contributed by atoms with Crippen LogP contribution in [-0.2, 0) is 14.8 Å². The average molecular weight is 346 g/mol. The molecule has 23 heavy (non-hydrogen) atoms. The van der Waals surface area contributed by atoms with Crippen molar-refractivity contribution in [1.29, 1.82) is 0 Å². The van der Waals surface area contributed by atoms with Gasteiger partial charge in [-0.25, -0.2) is 13.1 Å². The van der Waals surface area contributed by atoms with Gasteiger partial charge in [0.2, 0.25) is 15.9 Å². The zero-order chi connectivity index (χ0) is 16.9. The fraction of sp³-hybridized carbons (Fsp3) is 0.938. The zero-order valence-corrected chi connectivity index (χ0v) is 14.9. The van der Waals surface area contributed by atoms with Gasteiger partial charge >= 0.3 is 0 Å². The zero-order valence-electron chi connectivity index (χ0n) is 14.1. The van der Waals surface area contributed by atoms with Crippen molar-refractivity contribution in [1.82, 2.24) is 9.62 Å². The van der Waals surface area contributed by atoms with E-state index in [2.05, 4.69) is 4.72 Å². The Balaban J connectivity index is 1.82. The largest absolute Gasteiger partial charge is 0.389 e. The van der Waals surface area contributed by atoms with E-state index < -0.39 is 15.6 Å². The van der Waals surface area contributed by atoms with Gasteiger partial charge in [-0.1, -0.05) is 19.3 Å². The fourth-order valence-electron chi connectivity index (χ4n) is 3.71. The molecule has 0 aromatic carbocycles. The molecular weight excluding hydrogens is 316 g/mol. The van der Waals surface area contributed by atoms with Crippen LogP contribution in [0, 0.1) is 0 Å². The molecule has 1 amide bonds. The number of amides is 1. The SMILES string of the molecule is CC(=O)N1CCCCC1CCS(=O)(=O)NCC1(O)CCCCC1. The van der Waals surface area contributed by atoms with Crippen molar-refractivity contribution in [3.8, 4) is 0 Å². The molecule has 6 nitrogen and oxygen atoms in total. The highest BCUT2D eigenvalue weighted by molar-refractivity contribution is 7.89. The minimum atomic E-state index is -3.42. The highest BCUT2D eigenvalue weighted by Crippen LogP contribution is 2.27. The van der Waals surface area contributed by atoms with Crippen LogP contribution in [0.2, 0.25) is 0 Å². The summed E-state index contributed by atoms with van der Waals surface area (Å²) in [7, 11) is -3.42. The van der Waals surface area contributed by atoms with E-state index in [0.29, 0.717) is 19.3 Å². The molecule has 2 aliphatic rings. The number of nitrogens with one attached hydrogen (secondary N) is 1. The van der Waals surface area contributed by atoms with E-state index in [4.69, 9.17) is 0 Å². The molecule has 1 atom stereocenters. The molecule has 1 aliphatic heterocycles. The first kappa shape index (κ1) is 18.7. The van der Waals surface area contributed by atoms with Crippen molar-refractivity contribution in [2.24, 2.45) is 0 Å². The van der Waals surface area contributed by atoms with Gasteiger partial charge in [0, 0.05) is 26.1 Å². The summed E-state index contributed by atoms with van der Waals surface area (Å²) in [5.74, 6) is 0.0360. The second-order valence-electron chi connectivity index (χ2n) is 7.08. The summed E-state index contributed by atoms with van der Waals surface area (Å²) in [6, 6.07) is 0.0237. The van der Waals surface area contributed by atoms with Crippen LogP contribution >= 0.6 is 0 Å². The van der Waals surface area contributed by atoms with E-state index in [9.17, 15) is 18.3 Å². The molecule has 1 aliphatic carbocycles. The third-order valence-electron chi connectivity index (χ3n) is 5.16. The summed E-state index contributed by atoms with van der Waals surface area (Å²) in [5.41, 5.74) is -0.887. The average Bonchev–Trinajstić information content (AvgIpc) is 2.52. The molecule has 1 saturated carbocycles. The molecule has 0 bridgehead atoms. The van der Waals surface area contributed by atoms with Crippen LogP contribution in [0.25, 0.3) is 0 Å². The van der Waals surface area contributed by atoms with Gasteiger partial charge < -0.3 is 10.0 Å². The summed E-state index contributed by atoms with van der Waals surface area (Å²) in [6.45, 7) is 2.38. The highest BCUT2D eigenvalue weighted by Gasteiger charge is 2.31. The number of carbonyl (C=O) groups is 1. The number of piperidine rings is 1. The molecule has 1 unspecified atom stereocenters. The first-order valence-corrected chi connectivity index (χ1v) is 10.4. The normalized spacial score (nSPS) is 25.3. The van der Waals surface area contributed by atoms with E-state index in [0.717, 1.165) is 45.1 Å². The predicted octanol–water partition coefficient (Wildman–Crippen LogP) is 1.39. The molecule has 7 heteroatoms. The third-order valence-corrected chi connectivity index (χ3v) is 6.51. The number of rotatable bonds is 6. The van der Waals surface area contributed by atoms with E-state index in [-0.39, 0.29) is 24.2 Å². The molecule has 134 valence electrons. The van der Waals surface area contributed by atoms with Crippen LogP contribution in [0.1, 0.15) is 64.7 Å². The Labute approximate surface area is 139 Å². The van der Waals surface area contributed by atoms with Gasteiger partial charge in [0.25, 0.3) is 0 Å². The number of sulfonamides is 1. The third kappa shape index (κ3) is 5.72. The number of likely N-dealkylation sites (tertiary alicyclic amines) is 1. The number of nitrogens with zero attached hydrogens (tertiary/aromatic N) is 1. The van der Waals surface area contributed by atoms with Crippen molar-refractivity contribution in [2.45, 2.75) is 76.4 Å². The Kier molecular flexibility index (Phi) is 6.45. The summed E-state index contributed by atoms with van der Waals surface area (Å²) < 4.78 is 27.0. The van der Waals surface area contributed by atoms with Crippen LogP contribution < -0.4 is 4.72 Å². The summed E-state index contributed by atoms with van der Waals surface area (Å²) >= 11 is 0. The minimum Gasteiger partial charge on any atom is -0.389 e. The lowest BCUT2D eigenvalue weighted by atomic mass is 9.85. The lowest BCUT2D eigenvalue weighted by molar-refractivity contribution is -0.132. The van der Waals surface area contributed by atoms with E-state index in [1.165, 1.54) is 0 Å². The van der Waals surface area contributed by atoms with Crippen LogP contribution in [0.4, 0.5) is 0 Å². The van der Waals surface area contributed by atoms with Gasteiger partial charge in [-0.15, -0.1) is 0 Å². The van der Waals surface area contributed by atoms with Gasteiger partial charge in [-0.2, -0.15) is 0 Å². The standard InChI is InChI=1S/C16H30N2O4S/c1-14(19)18-11-6-3-7-15(18)8-12-23(21,22)17-13-16(20)9-4-2-5-10-16/h15,17,20H,2-13H2,1H3. The van der Waals surface area contributed by atoms with Crippen LogP contribution in [0.3, 0.4) is 0 Å². The van der Waals surface area contributed by atoms with Crippen LogP contribution in [0.15, 0.2) is 0 Å². The molecule has 1 heterocycles. The molecule has 1 saturated heterocycles. The molecule has 0 aromatic heterocycles. The van der Waals surface area contributed by atoms with Crippen molar-refractivity contribution < 1.29 is 18.3 Å². The number of hydrogen-bond acceptors (Lipinski definition) is 4. The van der Waals surface area contributed by atoms with Gasteiger partial charge in [0.15, 0.2) is 0 Å². The summed E-state index contributed by atoms with van der Waals surface area (Å²) in [6.07, 6.45) is 7.72. The molecule has 2 fully saturated rings. The monoisotopic (exact) mass is 346 g/mol. The second-order valence-corrected chi connectivity index (χ2v) is 9.00. The van der Waals surface area contributed by atoms with Gasteiger partial charge in [-0.05, 0) is 38.5 Å². The number of hydrogen-bond donors (Lipinski definition) is 2. The first-order chi connectivity index (χ1) is 10.8.